The lowest BCUT2D eigenvalue weighted by Crippen LogP contribution is -2.36. The van der Waals surface area contributed by atoms with Crippen LogP contribution in [0.5, 0.6) is 0 Å². The third-order valence-electron chi connectivity index (χ3n) is 3.01. The summed E-state index contributed by atoms with van der Waals surface area (Å²) in [6.45, 7) is 7.74. The van der Waals surface area contributed by atoms with Crippen LogP contribution in [0.4, 0.5) is 0 Å². The lowest BCUT2D eigenvalue weighted by molar-refractivity contribution is -0.137. The topological polar surface area (TPSA) is 49.8 Å². The Labute approximate surface area is 118 Å². The maximum Gasteiger partial charge on any atom is 0.248 e. The van der Waals surface area contributed by atoms with Crippen LogP contribution in [0.2, 0.25) is 0 Å². The molecule has 4 heteroatoms. The standard InChI is InChI=1S/C15H31NO3/c1-4-5-6-7-8-10-16(11-9-12-17)15(18)13-19-14(2)3/h14,17H,4-13H2,1-3H3. The second-order valence-electron chi connectivity index (χ2n) is 5.23. The first kappa shape index (κ1) is 18.4. The SMILES string of the molecule is CCCCCCCN(CCCO)C(=O)COC(C)C. The lowest BCUT2D eigenvalue weighted by atomic mass is 10.1. The Balaban J connectivity index is 3.95. The number of nitrogens with zero attached hydrogens (tertiary/aromatic N) is 1. The van der Waals surface area contributed by atoms with Gasteiger partial charge in [0.15, 0.2) is 0 Å². The van der Waals surface area contributed by atoms with Crippen molar-refractivity contribution in [2.75, 3.05) is 26.3 Å². The molecule has 0 rings (SSSR count). The molecule has 0 saturated carbocycles. The van der Waals surface area contributed by atoms with E-state index in [1.165, 1.54) is 25.7 Å². The third kappa shape index (κ3) is 11.0. The maximum atomic E-state index is 12.0. The molecule has 0 aromatic rings. The van der Waals surface area contributed by atoms with Crippen LogP contribution in [0.25, 0.3) is 0 Å². The Bertz CT molecular complexity index is 219. The van der Waals surface area contributed by atoms with E-state index in [2.05, 4.69) is 6.92 Å². The van der Waals surface area contributed by atoms with Crippen LogP contribution in [-0.4, -0.2) is 48.3 Å². The van der Waals surface area contributed by atoms with Gasteiger partial charge in [0.05, 0.1) is 6.10 Å². The van der Waals surface area contributed by atoms with Crippen molar-refractivity contribution in [2.45, 2.75) is 65.4 Å². The molecule has 0 aliphatic rings. The van der Waals surface area contributed by atoms with E-state index in [4.69, 9.17) is 9.84 Å². The Morgan fingerprint density at radius 3 is 2.32 bits per heavy atom. The molecule has 0 heterocycles. The smallest absolute Gasteiger partial charge is 0.248 e. The zero-order valence-corrected chi connectivity index (χ0v) is 12.9. The zero-order chi connectivity index (χ0) is 14.5. The molecule has 0 aromatic heterocycles. The number of amides is 1. The van der Waals surface area contributed by atoms with E-state index in [0.29, 0.717) is 13.0 Å². The number of unbranched alkanes of at least 4 members (excludes halogenated alkanes) is 4. The van der Waals surface area contributed by atoms with Crippen LogP contribution in [0, 0.1) is 0 Å². The van der Waals surface area contributed by atoms with E-state index in [0.717, 1.165) is 13.0 Å². The van der Waals surface area contributed by atoms with Crippen molar-refractivity contribution in [1.29, 1.82) is 0 Å². The van der Waals surface area contributed by atoms with Crippen LogP contribution < -0.4 is 0 Å². The lowest BCUT2D eigenvalue weighted by Gasteiger charge is -2.23. The minimum absolute atomic E-state index is 0.0395. The van der Waals surface area contributed by atoms with E-state index >= 15 is 0 Å². The van der Waals surface area contributed by atoms with Gasteiger partial charge in [0, 0.05) is 19.7 Å². The number of aliphatic hydroxyl groups is 1. The fourth-order valence-corrected chi connectivity index (χ4v) is 1.86. The molecule has 0 atom stereocenters. The Kier molecular flexibility index (Phi) is 12.0. The second kappa shape index (κ2) is 12.4. The molecule has 0 spiro atoms. The molecule has 0 radical (unpaired) electrons. The Morgan fingerprint density at radius 1 is 1.11 bits per heavy atom. The van der Waals surface area contributed by atoms with E-state index in [9.17, 15) is 4.79 Å². The summed E-state index contributed by atoms with van der Waals surface area (Å²) in [5.41, 5.74) is 0. The number of hydrogen-bond acceptors (Lipinski definition) is 3. The molecule has 0 aliphatic heterocycles. The number of ether oxygens (including phenoxy) is 1. The van der Waals surface area contributed by atoms with Crippen LogP contribution in [0.15, 0.2) is 0 Å². The normalized spacial score (nSPS) is 11.0. The predicted molar refractivity (Wildman–Crippen MR) is 78.1 cm³/mol. The number of hydrogen-bond donors (Lipinski definition) is 1. The fourth-order valence-electron chi connectivity index (χ4n) is 1.86. The first-order valence-corrected chi connectivity index (χ1v) is 7.62. The summed E-state index contributed by atoms with van der Waals surface area (Å²) >= 11 is 0. The average molecular weight is 273 g/mol. The molecule has 0 fully saturated rings. The second-order valence-corrected chi connectivity index (χ2v) is 5.23. The molecule has 4 nitrogen and oxygen atoms in total. The molecule has 1 N–H and O–H groups in total. The van der Waals surface area contributed by atoms with Gasteiger partial charge in [-0.15, -0.1) is 0 Å². The summed E-state index contributed by atoms with van der Waals surface area (Å²) in [7, 11) is 0. The van der Waals surface area contributed by atoms with Crippen molar-refractivity contribution in [2.24, 2.45) is 0 Å². The number of carbonyl (C=O) groups is 1. The first-order valence-electron chi connectivity index (χ1n) is 7.62. The van der Waals surface area contributed by atoms with Gasteiger partial charge in [0.25, 0.3) is 0 Å². The van der Waals surface area contributed by atoms with Crippen LogP contribution in [-0.2, 0) is 9.53 Å². The van der Waals surface area contributed by atoms with Gasteiger partial charge in [0.2, 0.25) is 5.91 Å². The molecule has 0 unspecified atom stereocenters. The van der Waals surface area contributed by atoms with Crippen LogP contribution in [0.3, 0.4) is 0 Å². The highest BCUT2D eigenvalue weighted by Crippen LogP contribution is 2.05. The van der Waals surface area contributed by atoms with Gasteiger partial charge in [-0.25, -0.2) is 0 Å². The van der Waals surface area contributed by atoms with Gasteiger partial charge in [-0.2, -0.15) is 0 Å². The predicted octanol–water partition coefficient (Wildman–Crippen LogP) is 2.59. The quantitative estimate of drug-likeness (QED) is 0.556. The number of carbonyl (C=O) groups excluding carboxylic acids is 1. The van der Waals surface area contributed by atoms with E-state index in [1.807, 2.05) is 18.7 Å². The fraction of sp³-hybridized carbons (Fsp3) is 0.933. The van der Waals surface area contributed by atoms with Crippen molar-refractivity contribution in [3.63, 3.8) is 0 Å². The highest BCUT2D eigenvalue weighted by Gasteiger charge is 2.13. The number of aliphatic hydroxyl groups excluding tert-OH is 1. The zero-order valence-electron chi connectivity index (χ0n) is 12.9. The third-order valence-corrected chi connectivity index (χ3v) is 3.01. The largest absolute Gasteiger partial charge is 0.396 e. The van der Waals surface area contributed by atoms with Gasteiger partial charge in [-0.1, -0.05) is 32.6 Å². The highest BCUT2D eigenvalue weighted by molar-refractivity contribution is 5.77. The van der Waals surface area contributed by atoms with Gasteiger partial charge < -0.3 is 14.7 Å². The van der Waals surface area contributed by atoms with Gasteiger partial charge >= 0.3 is 0 Å². The summed E-state index contributed by atoms with van der Waals surface area (Å²) < 4.78 is 5.36. The van der Waals surface area contributed by atoms with Gasteiger partial charge in [-0.05, 0) is 26.7 Å². The van der Waals surface area contributed by atoms with Gasteiger partial charge in [-0.3, -0.25) is 4.79 Å². The molecular weight excluding hydrogens is 242 g/mol. The minimum Gasteiger partial charge on any atom is -0.396 e. The first-order chi connectivity index (χ1) is 9.11. The summed E-state index contributed by atoms with van der Waals surface area (Å²) in [4.78, 5) is 13.8. The van der Waals surface area contributed by atoms with E-state index in [-0.39, 0.29) is 25.2 Å². The van der Waals surface area contributed by atoms with Crippen molar-refractivity contribution < 1.29 is 14.6 Å². The summed E-state index contributed by atoms with van der Waals surface area (Å²) in [5, 5.41) is 8.89. The molecule has 0 aliphatic carbocycles. The maximum absolute atomic E-state index is 12.0. The summed E-state index contributed by atoms with van der Waals surface area (Å²) in [6.07, 6.45) is 6.66. The number of rotatable bonds is 12. The van der Waals surface area contributed by atoms with Gasteiger partial charge in [0.1, 0.15) is 6.61 Å². The highest BCUT2D eigenvalue weighted by atomic mass is 16.5. The average Bonchev–Trinajstić information content (AvgIpc) is 2.39. The molecule has 0 aromatic carbocycles. The molecular formula is C15H31NO3. The van der Waals surface area contributed by atoms with Crippen LogP contribution in [0.1, 0.15) is 59.3 Å². The Hall–Kier alpha value is -0.610. The van der Waals surface area contributed by atoms with Crippen molar-refractivity contribution >= 4 is 5.91 Å². The Morgan fingerprint density at radius 2 is 1.74 bits per heavy atom. The summed E-state index contributed by atoms with van der Waals surface area (Å²) in [5.74, 6) is 0.0395. The summed E-state index contributed by atoms with van der Waals surface area (Å²) in [6, 6.07) is 0. The van der Waals surface area contributed by atoms with Crippen LogP contribution >= 0.6 is 0 Å². The van der Waals surface area contributed by atoms with Crippen molar-refractivity contribution in [1.82, 2.24) is 4.90 Å². The molecule has 1 amide bonds. The van der Waals surface area contributed by atoms with Crippen molar-refractivity contribution in [3.8, 4) is 0 Å². The molecule has 19 heavy (non-hydrogen) atoms. The molecule has 114 valence electrons. The van der Waals surface area contributed by atoms with Crippen molar-refractivity contribution in [3.05, 3.63) is 0 Å². The molecule has 0 saturated heterocycles. The monoisotopic (exact) mass is 273 g/mol. The van der Waals surface area contributed by atoms with E-state index < -0.39 is 0 Å². The molecule has 0 bridgehead atoms. The minimum atomic E-state index is 0.0395. The van der Waals surface area contributed by atoms with E-state index in [1.54, 1.807) is 0 Å².